The van der Waals surface area contributed by atoms with E-state index in [1.54, 1.807) is 0 Å². The van der Waals surface area contributed by atoms with Crippen LogP contribution in [0.3, 0.4) is 0 Å². The van der Waals surface area contributed by atoms with Gasteiger partial charge in [0.2, 0.25) is 5.91 Å². The third-order valence-electron chi connectivity index (χ3n) is 2.57. The second-order valence-corrected chi connectivity index (χ2v) is 5.16. The third kappa shape index (κ3) is 4.85. The quantitative estimate of drug-likeness (QED) is 0.644. The van der Waals surface area contributed by atoms with Crippen molar-refractivity contribution in [1.82, 2.24) is 5.32 Å². The summed E-state index contributed by atoms with van der Waals surface area (Å²) in [5.74, 6) is 0.986. The zero-order chi connectivity index (χ0) is 12.0. The number of hydrogen-bond acceptors (Lipinski definition) is 4. The molecule has 1 rings (SSSR count). The highest BCUT2D eigenvalue weighted by Crippen LogP contribution is 2.16. The first-order chi connectivity index (χ1) is 7.59. The molecule has 0 aromatic heterocycles. The van der Waals surface area contributed by atoms with Gasteiger partial charge >= 0.3 is 5.97 Å². The summed E-state index contributed by atoms with van der Waals surface area (Å²) in [5, 5.41) is 11.3. The number of hydrogen-bond donors (Lipinski definition) is 3. The van der Waals surface area contributed by atoms with E-state index < -0.39 is 12.0 Å². The van der Waals surface area contributed by atoms with Gasteiger partial charge in [0.05, 0.1) is 6.04 Å². The van der Waals surface area contributed by atoms with Crippen LogP contribution in [0.4, 0.5) is 0 Å². The highest BCUT2D eigenvalue weighted by atomic mass is 32.2. The Bertz CT molecular complexity index is 254. The number of amides is 1. The van der Waals surface area contributed by atoms with Crippen LogP contribution in [0.5, 0.6) is 0 Å². The third-order valence-corrected chi connectivity index (χ3v) is 3.62. The van der Waals surface area contributed by atoms with Crippen LogP contribution in [0.15, 0.2) is 0 Å². The minimum absolute atomic E-state index is 0.0604. The minimum Gasteiger partial charge on any atom is -0.481 e. The summed E-state index contributed by atoms with van der Waals surface area (Å²) >= 11 is 1.89. The summed E-state index contributed by atoms with van der Waals surface area (Å²) in [6.45, 7) is 0. The van der Waals surface area contributed by atoms with E-state index in [0.29, 0.717) is 0 Å². The standard InChI is InChI=1S/C10H18N2O3S/c11-8(1-2-9(13)14)10(15)12-7-3-5-16-6-4-7/h7-8H,1-6,11H2,(H,12,15)(H,13,14). The fraction of sp³-hybridized carbons (Fsp3) is 0.800. The van der Waals surface area contributed by atoms with Gasteiger partial charge in [0.25, 0.3) is 0 Å². The van der Waals surface area contributed by atoms with E-state index in [1.165, 1.54) is 0 Å². The second kappa shape index (κ2) is 6.75. The first-order valence-corrected chi connectivity index (χ1v) is 6.60. The zero-order valence-electron chi connectivity index (χ0n) is 9.15. The van der Waals surface area contributed by atoms with Crippen LogP contribution in [0.25, 0.3) is 0 Å². The van der Waals surface area contributed by atoms with Crippen molar-refractivity contribution in [1.29, 1.82) is 0 Å². The normalized spacial score (nSPS) is 19.1. The average Bonchev–Trinajstić information content (AvgIpc) is 2.27. The Kier molecular flexibility index (Phi) is 5.62. The fourth-order valence-electron chi connectivity index (χ4n) is 1.56. The molecular weight excluding hydrogens is 228 g/mol. The van der Waals surface area contributed by atoms with Crippen molar-refractivity contribution in [3.05, 3.63) is 0 Å². The molecule has 1 aliphatic rings. The van der Waals surface area contributed by atoms with Crippen LogP contribution in [0, 0.1) is 0 Å². The fourth-order valence-corrected chi connectivity index (χ4v) is 2.67. The Labute approximate surface area is 99.1 Å². The molecule has 0 radical (unpaired) electrons. The summed E-state index contributed by atoms with van der Waals surface area (Å²) in [6, 6.07) is -0.490. The van der Waals surface area contributed by atoms with Crippen molar-refractivity contribution in [2.24, 2.45) is 5.73 Å². The molecule has 1 atom stereocenters. The number of carboxylic acid groups (broad SMARTS) is 1. The van der Waals surface area contributed by atoms with Crippen LogP contribution in [0.2, 0.25) is 0 Å². The van der Waals surface area contributed by atoms with E-state index in [0.717, 1.165) is 24.3 Å². The second-order valence-electron chi connectivity index (χ2n) is 3.93. The zero-order valence-corrected chi connectivity index (χ0v) is 9.96. The molecule has 0 bridgehead atoms. The summed E-state index contributed by atoms with van der Waals surface area (Å²) in [4.78, 5) is 21.9. The molecule has 1 saturated heterocycles. The van der Waals surface area contributed by atoms with Gasteiger partial charge in [-0.3, -0.25) is 9.59 Å². The molecule has 1 fully saturated rings. The van der Waals surface area contributed by atoms with E-state index in [2.05, 4.69) is 5.32 Å². The maximum Gasteiger partial charge on any atom is 0.303 e. The van der Waals surface area contributed by atoms with Crippen LogP contribution in [-0.4, -0.2) is 40.6 Å². The minimum atomic E-state index is -0.919. The number of nitrogens with one attached hydrogen (secondary N) is 1. The number of rotatable bonds is 5. The van der Waals surface area contributed by atoms with E-state index in [1.807, 2.05) is 11.8 Å². The Hall–Kier alpha value is -0.750. The molecule has 92 valence electrons. The molecule has 0 spiro atoms. The molecule has 5 nitrogen and oxygen atoms in total. The van der Waals surface area contributed by atoms with Crippen LogP contribution in [-0.2, 0) is 9.59 Å². The van der Waals surface area contributed by atoms with Gasteiger partial charge in [-0.05, 0) is 30.8 Å². The molecule has 6 heteroatoms. The van der Waals surface area contributed by atoms with Gasteiger partial charge in [-0.1, -0.05) is 0 Å². The molecule has 1 unspecified atom stereocenters. The average molecular weight is 246 g/mol. The van der Waals surface area contributed by atoms with E-state index in [-0.39, 0.29) is 24.8 Å². The lowest BCUT2D eigenvalue weighted by Gasteiger charge is -2.24. The maximum atomic E-state index is 11.6. The molecule has 0 aromatic rings. The van der Waals surface area contributed by atoms with E-state index >= 15 is 0 Å². The van der Waals surface area contributed by atoms with Crippen molar-refractivity contribution >= 4 is 23.6 Å². The molecule has 1 aliphatic heterocycles. The Morgan fingerprint density at radius 3 is 2.62 bits per heavy atom. The van der Waals surface area contributed by atoms with Gasteiger partial charge in [0.15, 0.2) is 0 Å². The largest absolute Gasteiger partial charge is 0.481 e. The SMILES string of the molecule is NC(CCC(=O)O)C(=O)NC1CCSCC1. The van der Waals surface area contributed by atoms with Gasteiger partial charge in [-0.2, -0.15) is 11.8 Å². The van der Waals surface area contributed by atoms with Gasteiger partial charge in [-0.25, -0.2) is 0 Å². The van der Waals surface area contributed by atoms with Gasteiger partial charge in [0, 0.05) is 12.5 Å². The summed E-state index contributed by atoms with van der Waals surface area (Å²) < 4.78 is 0. The first-order valence-electron chi connectivity index (χ1n) is 5.45. The summed E-state index contributed by atoms with van der Waals surface area (Å²) in [7, 11) is 0. The smallest absolute Gasteiger partial charge is 0.303 e. The number of thioether (sulfide) groups is 1. The molecule has 1 heterocycles. The van der Waals surface area contributed by atoms with Gasteiger partial charge in [0.1, 0.15) is 0 Å². The maximum absolute atomic E-state index is 11.6. The number of aliphatic carboxylic acids is 1. The predicted octanol–water partition coefficient (Wildman–Crippen LogP) is 0.190. The summed E-state index contributed by atoms with van der Waals surface area (Å²) in [5.41, 5.74) is 5.60. The highest BCUT2D eigenvalue weighted by molar-refractivity contribution is 7.99. The molecular formula is C10H18N2O3S. The Morgan fingerprint density at radius 2 is 2.06 bits per heavy atom. The molecule has 0 aromatic carbocycles. The Morgan fingerprint density at radius 1 is 1.44 bits per heavy atom. The van der Waals surface area contributed by atoms with Gasteiger partial charge < -0.3 is 16.2 Å². The lowest BCUT2D eigenvalue weighted by Crippen LogP contribution is -2.46. The molecule has 4 N–H and O–H groups in total. The summed E-state index contributed by atoms with van der Waals surface area (Å²) in [6.07, 6.45) is 2.09. The van der Waals surface area contributed by atoms with Crippen molar-refractivity contribution < 1.29 is 14.7 Å². The molecule has 16 heavy (non-hydrogen) atoms. The first kappa shape index (κ1) is 13.3. The molecule has 0 aliphatic carbocycles. The topological polar surface area (TPSA) is 92.4 Å². The van der Waals surface area contributed by atoms with Crippen LogP contribution in [0.1, 0.15) is 25.7 Å². The lowest BCUT2D eigenvalue weighted by atomic mass is 10.1. The molecule has 0 saturated carbocycles. The van der Waals surface area contributed by atoms with Gasteiger partial charge in [-0.15, -0.1) is 0 Å². The van der Waals surface area contributed by atoms with Crippen molar-refractivity contribution in [3.63, 3.8) is 0 Å². The number of nitrogens with two attached hydrogens (primary N) is 1. The monoisotopic (exact) mass is 246 g/mol. The van der Waals surface area contributed by atoms with Crippen LogP contribution >= 0.6 is 11.8 Å². The van der Waals surface area contributed by atoms with Crippen molar-refractivity contribution in [2.45, 2.75) is 37.8 Å². The lowest BCUT2D eigenvalue weighted by molar-refractivity contribution is -0.137. The highest BCUT2D eigenvalue weighted by Gasteiger charge is 2.20. The van der Waals surface area contributed by atoms with E-state index in [4.69, 9.17) is 10.8 Å². The van der Waals surface area contributed by atoms with Crippen molar-refractivity contribution in [2.75, 3.05) is 11.5 Å². The number of carbonyl (C=O) groups is 2. The molecule has 1 amide bonds. The predicted molar refractivity (Wildman–Crippen MR) is 63.3 cm³/mol. The van der Waals surface area contributed by atoms with Crippen molar-refractivity contribution in [3.8, 4) is 0 Å². The number of carbonyl (C=O) groups excluding carboxylic acids is 1. The van der Waals surface area contributed by atoms with E-state index in [9.17, 15) is 9.59 Å². The number of carboxylic acids is 1. The van der Waals surface area contributed by atoms with Crippen LogP contribution < -0.4 is 11.1 Å². The Balaban J connectivity index is 2.24.